The predicted molar refractivity (Wildman–Crippen MR) is 154 cm³/mol. The van der Waals surface area contributed by atoms with E-state index in [0.717, 1.165) is 38.4 Å². The Morgan fingerprint density at radius 2 is 1.38 bits per heavy atom. The number of nitrogens with zero attached hydrogens (tertiary/aromatic N) is 2. The molecular formula is C30H48FN5O. The normalized spacial score (nSPS) is 14.0. The highest BCUT2D eigenvalue weighted by molar-refractivity contribution is 5.19. The fourth-order valence-corrected chi connectivity index (χ4v) is 3.20. The van der Waals surface area contributed by atoms with Crippen LogP contribution in [0.25, 0.3) is 0 Å². The van der Waals surface area contributed by atoms with Crippen LogP contribution >= 0.6 is 0 Å². The number of benzene rings is 2. The van der Waals surface area contributed by atoms with Crippen molar-refractivity contribution >= 4 is 0 Å². The molecule has 0 aliphatic carbocycles. The summed E-state index contributed by atoms with van der Waals surface area (Å²) in [6, 6.07) is 20.8. The van der Waals surface area contributed by atoms with Gasteiger partial charge in [-0.15, -0.1) is 0 Å². The van der Waals surface area contributed by atoms with E-state index >= 15 is 0 Å². The predicted octanol–water partition coefficient (Wildman–Crippen LogP) is 5.46. The molecule has 7 heteroatoms. The van der Waals surface area contributed by atoms with Crippen LogP contribution in [0.5, 0.6) is 0 Å². The molecule has 6 N–H and O–H groups in total. The Kier molecular flexibility index (Phi) is 20.9. The van der Waals surface area contributed by atoms with Crippen molar-refractivity contribution in [1.82, 2.24) is 9.88 Å². The maximum atomic E-state index is 12.5. The van der Waals surface area contributed by atoms with E-state index in [1.54, 1.807) is 30.6 Å². The molecule has 0 saturated carbocycles. The van der Waals surface area contributed by atoms with E-state index in [-0.39, 0.29) is 24.4 Å². The monoisotopic (exact) mass is 513 g/mol. The van der Waals surface area contributed by atoms with Gasteiger partial charge < -0.3 is 21.9 Å². The van der Waals surface area contributed by atoms with E-state index in [1.807, 2.05) is 65.0 Å². The number of pyridine rings is 1. The first-order valence-corrected chi connectivity index (χ1v) is 13.2. The van der Waals surface area contributed by atoms with Crippen LogP contribution in [0.15, 0.2) is 79.1 Å². The zero-order chi connectivity index (χ0) is 27.9. The van der Waals surface area contributed by atoms with Crippen molar-refractivity contribution in [3.63, 3.8) is 0 Å². The number of aromatic nitrogens is 1. The molecule has 1 aliphatic heterocycles. The summed E-state index contributed by atoms with van der Waals surface area (Å²) < 4.78 is 17.8. The number of morpholine rings is 1. The maximum Gasteiger partial charge on any atom is 0.127 e. The van der Waals surface area contributed by atoms with Crippen LogP contribution in [0.4, 0.5) is 4.39 Å². The Hall–Kier alpha value is -2.68. The second kappa shape index (κ2) is 22.5. The lowest BCUT2D eigenvalue weighted by Crippen LogP contribution is -2.40. The fraction of sp³-hybridized carbons (Fsp3) is 0.433. The standard InChI is InChI=1S/C12H18N2O.C7H8FN.C7H10N2.2C2H6/c13-12(11-4-2-1-3-5-11)10-14-6-8-15-9-7-14;8-7-4-2-1-3-6(7)5-9;1-6(8)7-2-4-9-5-3-7;2*1-2/h1-5,12H,6-10,13H2;1-4H,5,9H2;2-6H,8H2,1H3;2*1-2H3. The minimum absolute atomic E-state index is 0.115. The third-order valence-electron chi connectivity index (χ3n) is 5.20. The number of ether oxygens (including phenoxy) is 1. The average molecular weight is 514 g/mol. The van der Waals surface area contributed by atoms with Gasteiger partial charge in [-0.3, -0.25) is 9.88 Å². The molecule has 0 bridgehead atoms. The Labute approximate surface area is 224 Å². The van der Waals surface area contributed by atoms with Gasteiger partial charge in [0.15, 0.2) is 0 Å². The molecule has 3 aromatic rings. The van der Waals surface area contributed by atoms with Crippen molar-refractivity contribution in [2.24, 2.45) is 17.2 Å². The van der Waals surface area contributed by atoms with Crippen molar-refractivity contribution in [2.45, 2.75) is 53.2 Å². The third-order valence-corrected chi connectivity index (χ3v) is 5.20. The number of rotatable bonds is 5. The summed E-state index contributed by atoms with van der Waals surface area (Å²) in [5.74, 6) is -0.222. The lowest BCUT2D eigenvalue weighted by molar-refractivity contribution is 0.0352. The molecule has 6 nitrogen and oxygen atoms in total. The molecular weight excluding hydrogens is 465 g/mol. The van der Waals surface area contributed by atoms with Crippen LogP contribution in [0, 0.1) is 5.82 Å². The summed E-state index contributed by atoms with van der Waals surface area (Å²) in [6.07, 6.45) is 3.50. The van der Waals surface area contributed by atoms with Gasteiger partial charge in [-0.1, -0.05) is 76.2 Å². The molecule has 2 heterocycles. The quantitative estimate of drug-likeness (QED) is 0.419. The lowest BCUT2D eigenvalue weighted by atomic mass is 10.1. The van der Waals surface area contributed by atoms with Crippen LogP contribution in [-0.2, 0) is 11.3 Å². The van der Waals surface area contributed by atoms with Crippen LogP contribution in [0.2, 0.25) is 0 Å². The summed E-state index contributed by atoms with van der Waals surface area (Å²) in [7, 11) is 0. The van der Waals surface area contributed by atoms with Crippen molar-refractivity contribution < 1.29 is 9.13 Å². The fourth-order valence-electron chi connectivity index (χ4n) is 3.20. The van der Waals surface area contributed by atoms with Gasteiger partial charge in [0.1, 0.15) is 5.82 Å². The highest BCUT2D eigenvalue weighted by Gasteiger charge is 2.14. The molecule has 0 amide bonds. The first-order valence-electron chi connectivity index (χ1n) is 13.2. The summed E-state index contributed by atoms with van der Waals surface area (Å²) >= 11 is 0. The topological polar surface area (TPSA) is 103 Å². The van der Waals surface area contributed by atoms with Gasteiger partial charge in [0.2, 0.25) is 0 Å². The molecule has 4 rings (SSSR count). The van der Waals surface area contributed by atoms with Crippen molar-refractivity contribution in [1.29, 1.82) is 0 Å². The maximum absolute atomic E-state index is 12.5. The van der Waals surface area contributed by atoms with E-state index in [4.69, 9.17) is 21.9 Å². The molecule has 1 saturated heterocycles. The van der Waals surface area contributed by atoms with Gasteiger partial charge in [-0.05, 0) is 36.2 Å². The molecule has 37 heavy (non-hydrogen) atoms. The van der Waals surface area contributed by atoms with Gasteiger partial charge in [0, 0.05) is 56.2 Å². The molecule has 0 radical (unpaired) electrons. The minimum Gasteiger partial charge on any atom is -0.379 e. The lowest BCUT2D eigenvalue weighted by Gasteiger charge is -2.29. The van der Waals surface area contributed by atoms with Gasteiger partial charge in [0.25, 0.3) is 0 Å². The Bertz CT molecular complexity index is 891. The van der Waals surface area contributed by atoms with Gasteiger partial charge in [-0.25, -0.2) is 4.39 Å². The average Bonchev–Trinajstić information content (AvgIpc) is 2.97. The summed E-state index contributed by atoms with van der Waals surface area (Å²) in [6.45, 7) is 14.8. The van der Waals surface area contributed by atoms with Crippen LogP contribution in [0.3, 0.4) is 0 Å². The molecule has 1 aromatic heterocycles. The first-order chi connectivity index (χ1) is 18.0. The van der Waals surface area contributed by atoms with Gasteiger partial charge in [-0.2, -0.15) is 0 Å². The van der Waals surface area contributed by atoms with Crippen LogP contribution < -0.4 is 17.2 Å². The Morgan fingerprint density at radius 1 is 0.838 bits per heavy atom. The molecule has 2 atom stereocenters. The van der Waals surface area contributed by atoms with E-state index < -0.39 is 0 Å². The minimum atomic E-state index is -0.222. The Balaban J connectivity index is 0.000000514. The number of halogens is 1. The molecule has 2 aromatic carbocycles. The largest absolute Gasteiger partial charge is 0.379 e. The van der Waals surface area contributed by atoms with E-state index in [0.29, 0.717) is 5.56 Å². The zero-order valence-electron chi connectivity index (χ0n) is 23.3. The summed E-state index contributed by atoms with van der Waals surface area (Å²) in [4.78, 5) is 6.23. The second-order valence-electron chi connectivity index (χ2n) is 7.79. The SMILES string of the molecule is CC.CC.CC(N)c1ccncc1.NC(CN1CCOCC1)c1ccccc1.NCc1ccccc1F. The summed E-state index contributed by atoms with van der Waals surface area (Å²) in [5, 5.41) is 0. The first kappa shape index (κ1) is 34.3. The number of hydrogen-bond acceptors (Lipinski definition) is 6. The molecule has 1 fully saturated rings. The van der Waals surface area contributed by atoms with Crippen molar-refractivity contribution in [3.8, 4) is 0 Å². The van der Waals surface area contributed by atoms with E-state index in [2.05, 4.69) is 22.0 Å². The molecule has 206 valence electrons. The number of nitrogens with two attached hydrogens (primary N) is 3. The van der Waals surface area contributed by atoms with Gasteiger partial charge in [0.05, 0.1) is 13.2 Å². The van der Waals surface area contributed by atoms with E-state index in [9.17, 15) is 4.39 Å². The van der Waals surface area contributed by atoms with E-state index in [1.165, 1.54) is 11.6 Å². The highest BCUT2D eigenvalue weighted by atomic mass is 19.1. The van der Waals surface area contributed by atoms with Crippen molar-refractivity contribution in [3.05, 3.63) is 102 Å². The third kappa shape index (κ3) is 15.2. The number of hydrogen-bond donors (Lipinski definition) is 3. The summed E-state index contributed by atoms with van der Waals surface area (Å²) in [5.41, 5.74) is 19.8. The molecule has 2 unspecified atom stereocenters. The van der Waals surface area contributed by atoms with Crippen LogP contribution in [-0.4, -0.2) is 42.7 Å². The zero-order valence-corrected chi connectivity index (χ0v) is 23.3. The second-order valence-corrected chi connectivity index (χ2v) is 7.79. The highest BCUT2D eigenvalue weighted by Crippen LogP contribution is 2.12. The van der Waals surface area contributed by atoms with Crippen LogP contribution in [0.1, 0.15) is 63.4 Å². The van der Waals surface area contributed by atoms with Gasteiger partial charge >= 0.3 is 0 Å². The Morgan fingerprint density at radius 3 is 1.84 bits per heavy atom. The van der Waals surface area contributed by atoms with Crippen molar-refractivity contribution in [2.75, 3.05) is 32.8 Å². The molecule has 0 spiro atoms. The molecule has 1 aliphatic rings. The smallest absolute Gasteiger partial charge is 0.127 e.